The zero-order valence-corrected chi connectivity index (χ0v) is 10.8. The van der Waals surface area contributed by atoms with Crippen LogP contribution in [0.5, 0.6) is 0 Å². The predicted molar refractivity (Wildman–Crippen MR) is 67.9 cm³/mol. The first kappa shape index (κ1) is 14.6. The fraction of sp³-hybridized carbons (Fsp3) is 0.417. The first-order chi connectivity index (χ1) is 9.96. The third kappa shape index (κ3) is 3.62. The zero-order valence-electron chi connectivity index (χ0n) is 10.8. The molecule has 0 radical (unpaired) electrons. The summed E-state index contributed by atoms with van der Waals surface area (Å²) in [6, 6.07) is 0. The summed E-state index contributed by atoms with van der Waals surface area (Å²) in [7, 11) is 0. The number of aromatic amines is 1. The van der Waals surface area contributed by atoms with Crippen LogP contribution in [-0.4, -0.2) is 27.8 Å². The van der Waals surface area contributed by atoms with Crippen molar-refractivity contribution >= 4 is 5.97 Å². The van der Waals surface area contributed by atoms with E-state index in [0.717, 1.165) is 10.8 Å². The van der Waals surface area contributed by atoms with E-state index in [-0.39, 0.29) is 26.0 Å². The number of halogens is 1. The lowest BCUT2D eigenvalue weighted by Gasteiger charge is -2.12. The first-order valence-electron chi connectivity index (χ1n) is 5.98. The maximum absolute atomic E-state index is 13.1. The summed E-state index contributed by atoms with van der Waals surface area (Å²) >= 11 is 0. The van der Waals surface area contributed by atoms with E-state index in [4.69, 9.17) is 11.2 Å². The summed E-state index contributed by atoms with van der Waals surface area (Å²) in [5.74, 6) is 0.691. The molecule has 0 spiro atoms. The number of esters is 1. The monoisotopic (exact) mass is 294 g/mol. The number of nitrogens with zero attached hydrogens (tertiary/aromatic N) is 3. The van der Waals surface area contributed by atoms with E-state index < -0.39 is 28.7 Å². The Morgan fingerprint density at radius 2 is 2.24 bits per heavy atom. The van der Waals surface area contributed by atoms with Gasteiger partial charge in [0.15, 0.2) is 0 Å². The Morgan fingerprint density at radius 1 is 1.52 bits per heavy atom. The van der Waals surface area contributed by atoms with Crippen LogP contribution in [0.3, 0.4) is 0 Å². The van der Waals surface area contributed by atoms with Crippen LogP contribution in [0.4, 0.5) is 4.39 Å². The minimum atomic E-state index is -1.11. The molecule has 2 heterocycles. The molecule has 0 atom stereocenters. The Hall–Kier alpha value is -2.76. The number of ether oxygens (including phenoxy) is 1. The van der Waals surface area contributed by atoms with Crippen molar-refractivity contribution in [2.45, 2.75) is 25.0 Å². The lowest BCUT2D eigenvalue weighted by molar-refractivity contribution is -0.144. The van der Waals surface area contributed by atoms with E-state index in [9.17, 15) is 18.8 Å². The van der Waals surface area contributed by atoms with Crippen molar-refractivity contribution in [3.8, 4) is 12.3 Å². The van der Waals surface area contributed by atoms with Crippen molar-refractivity contribution < 1.29 is 13.9 Å². The van der Waals surface area contributed by atoms with Crippen molar-refractivity contribution in [1.82, 2.24) is 9.55 Å². The van der Waals surface area contributed by atoms with Gasteiger partial charge in [0.05, 0.1) is 19.2 Å². The summed E-state index contributed by atoms with van der Waals surface area (Å²) in [5.41, 5.74) is -3.01. The van der Waals surface area contributed by atoms with Crippen molar-refractivity contribution in [3.05, 3.63) is 32.9 Å². The molecule has 1 aromatic heterocycles. The van der Waals surface area contributed by atoms with Gasteiger partial charge in [-0.05, 0) is 0 Å². The molecule has 1 aromatic rings. The van der Waals surface area contributed by atoms with E-state index >= 15 is 0 Å². The molecule has 1 aliphatic heterocycles. The second-order valence-electron chi connectivity index (χ2n) is 4.41. The van der Waals surface area contributed by atoms with Gasteiger partial charge in [-0.2, -0.15) is 14.6 Å². The Bertz CT molecular complexity index is 737. The lowest BCUT2D eigenvalue weighted by Crippen LogP contribution is -2.37. The second-order valence-corrected chi connectivity index (χ2v) is 4.41. The van der Waals surface area contributed by atoms with Gasteiger partial charge in [-0.1, -0.05) is 0 Å². The van der Waals surface area contributed by atoms with E-state index in [1.807, 2.05) is 4.98 Å². The minimum Gasteiger partial charge on any atom is -0.461 e. The lowest BCUT2D eigenvalue weighted by atomic mass is 10.2. The highest BCUT2D eigenvalue weighted by molar-refractivity contribution is 5.69. The van der Waals surface area contributed by atoms with Crippen LogP contribution < -0.4 is 11.2 Å². The second kappa shape index (κ2) is 5.70. The molecule has 0 bridgehead atoms. The molecule has 110 valence electrons. The summed E-state index contributed by atoms with van der Waals surface area (Å²) < 4.78 is 19.0. The van der Waals surface area contributed by atoms with Gasteiger partial charge in [-0.15, -0.1) is 12.3 Å². The smallest absolute Gasteiger partial charge is 0.328 e. The Morgan fingerprint density at radius 3 is 2.86 bits per heavy atom. The molecule has 0 saturated carbocycles. The van der Waals surface area contributed by atoms with E-state index in [2.05, 4.69) is 16.1 Å². The number of hydrogen-bond donors (Lipinski definition) is 1. The van der Waals surface area contributed by atoms with Gasteiger partial charge >= 0.3 is 11.7 Å². The molecule has 0 aliphatic carbocycles. The number of carbonyl (C=O) groups is 1. The van der Waals surface area contributed by atoms with Gasteiger partial charge in [-0.3, -0.25) is 19.1 Å². The number of aromatic nitrogens is 2. The van der Waals surface area contributed by atoms with Gasteiger partial charge in [0.1, 0.15) is 6.61 Å². The van der Waals surface area contributed by atoms with Crippen LogP contribution in [0.2, 0.25) is 0 Å². The van der Waals surface area contributed by atoms with Crippen LogP contribution in [0.15, 0.2) is 26.0 Å². The van der Waals surface area contributed by atoms with Crippen molar-refractivity contribution in [3.63, 3.8) is 0 Å². The van der Waals surface area contributed by atoms with E-state index in [0.29, 0.717) is 0 Å². The highest BCUT2D eigenvalue weighted by atomic mass is 19.1. The molecule has 0 amide bonds. The van der Waals surface area contributed by atoms with Crippen LogP contribution in [0.25, 0.3) is 0 Å². The summed E-state index contributed by atoms with van der Waals surface area (Å²) in [4.78, 5) is 35.5. The maximum Gasteiger partial charge on any atom is 0.328 e. The van der Waals surface area contributed by atoms with Crippen LogP contribution in [0, 0.1) is 18.2 Å². The number of nitrogens with one attached hydrogen (secondary N) is 1. The van der Waals surface area contributed by atoms with Crippen LogP contribution in [-0.2, 0) is 16.1 Å². The van der Waals surface area contributed by atoms with Crippen LogP contribution >= 0.6 is 0 Å². The fourth-order valence-corrected chi connectivity index (χ4v) is 1.55. The number of carbonyl (C=O) groups excluding carboxylic acids is 1. The van der Waals surface area contributed by atoms with Gasteiger partial charge < -0.3 is 4.74 Å². The van der Waals surface area contributed by atoms with Crippen molar-refractivity contribution in [2.75, 3.05) is 6.61 Å². The zero-order chi connectivity index (χ0) is 15.5. The highest BCUT2D eigenvalue weighted by Crippen LogP contribution is 2.30. The molecule has 9 heteroatoms. The molecule has 1 aliphatic rings. The van der Waals surface area contributed by atoms with Gasteiger partial charge in [-0.25, -0.2) is 4.79 Å². The highest BCUT2D eigenvalue weighted by Gasteiger charge is 2.42. The van der Waals surface area contributed by atoms with Gasteiger partial charge in [0.2, 0.25) is 11.5 Å². The average Bonchev–Trinajstić information content (AvgIpc) is 3.20. The standard InChI is InChI=1S/C12H11FN4O4/c1-2-3-4-9(18)21-7-12(15-16-12)6-17-5-8(13)10(19)14-11(17)20/h1,5H,3-4,6-7H2,(H,14,19,20). The fourth-order valence-electron chi connectivity index (χ4n) is 1.55. The van der Waals surface area contributed by atoms with Crippen LogP contribution in [0.1, 0.15) is 12.8 Å². The average molecular weight is 294 g/mol. The third-order valence-electron chi connectivity index (χ3n) is 2.71. The first-order valence-corrected chi connectivity index (χ1v) is 5.98. The molecule has 0 saturated heterocycles. The topological polar surface area (TPSA) is 106 Å². The van der Waals surface area contributed by atoms with E-state index in [1.54, 1.807) is 0 Å². The largest absolute Gasteiger partial charge is 0.461 e. The van der Waals surface area contributed by atoms with E-state index in [1.165, 1.54) is 0 Å². The van der Waals surface area contributed by atoms with Crippen molar-refractivity contribution in [2.24, 2.45) is 10.2 Å². The summed E-state index contributed by atoms with van der Waals surface area (Å²) in [6.45, 7) is -0.314. The molecular formula is C12H11FN4O4. The van der Waals surface area contributed by atoms with Gasteiger partial charge in [0.25, 0.3) is 5.56 Å². The molecule has 0 fully saturated rings. The van der Waals surface area contributed by atoms with Crippen molar-refractivity contribution in [1.29, 1.82) is 0 Å². The molecule has 0 unspecified atom stereocenters. The number of terminal acetylenes is 1. The Balaban J connectivity index is 1.98. The maximum atomic E-state index is 13.1. The number of H-pyrrole nitrogens is 1. The molecule has 2 rings (SSSR count). The molecular weight excluding hydrogens is 283 g/mol. The summed E-state index contributed by atoms with van der Waals surface area (Å²) in [6.07, 6.45) is 6.10. The molecule has 0 aromatic carbocycles. The third-order valence-corrected chi connectivity index (χ3v) is 2.71. The number of hydrogen-bond acceptors (Lipinski definition) is 6. The van der Waals surface area contributed by atoms with Gasteiger partial charge in [0, 0.05) is 6.42 Å². The Labute approximate surface area is 117 Å². The predicted octanol–water partition coefficient (Wildman–Crippen LogP) is -0.206. The minimum absolute atomic E-state index is 0.0693. The molecule has 21 heavy (non-hydrogen) atoms. The Kier molecular flexibility index (Phi) is 3.98. The molecule has 8 nitrogen and oxygen atoms in total. The number of rotatable bonds is 6. The molecule has 1 N–H and O–H groups in total. The summed E-state index contributed by atoms with van der Waals surface area (Å²) in [5, 5.41) is 7.42. The normalized spacial score (nSPS) is 14.5. The quantitative estimate of drug-likeness (QED) is 0.579. The SMILES string of the molecule is C#CCCC(=O)OCC1(Cn2cc(F)c(=O)[nH]c2=O)N=N1.